The zero-order valence-electron chi connectivity index (χ0n) is 10.3. The Labute approximate surface area is 103 Å². The molecule has 0 saturated heterocycles. The van der Waals surface area contributed by atoms with Crippen LogP contribution in [-0.4, -0.2) is 25.4 Å². The minimum atomic E-state index is 0.143. The number of nitrogens with two attached hydrogens (primary N) is 1. The van der Waals surface area contributed by atoms with E-state index in [2.05, 4.69) is 12.1 Å². The fraction of sp³-hybridized carbons (Fsp3) is 0.571. The molecule has 17 heavy (non-hydrogen) atoms. The third kappa shape index (κ3) is 3.53. The van der Waals surface area contributed by atoms with Gasteiger partial charge in [0.1, 0.15) is 0 Å². The average molecular weight is 235 g/mol. The predicted molar refractivity (Wildman–Crippen MR) is 67.6 cm³/mol. The van der Waals surface area contributed by atoms with Crippen LogP contribution in [0, 0.1) is 0 Å². The molecule has 1 aliphatic rings. The molecule has 3 nitrogen and oxygen atoms in total. The Morgan fingerprint density at radius 3 is 2.71 bits per heavy atom. The Kier molecular flexibility index (Phi) is 4.54. The van der Waals surface area contributed by atoms with Crippen molar-refractivity contribution in [2.75, 3.05) is 7.11 Å². The molecule has 3 atom stereocenters. The highest BCUT2D eigenvalue weighted by molar-refractivity contribution is 5.13. The summed E-state index contributed by atoms with van der Waals surface area (Å²) in [6.45, 7) is 0.678. The van der Waals surface area contributed by atoms with Crippen LogP contribution in [0.15, 0.2) is 30.3 Å². The van der Waals surface area contributed by atoms with E-state index in [-0.39, 0.29) is 18.2 Å². The van der Waals surface area contributed by atoms with Crippen molar-refractivity contribution in [2.45, 2.75) is 44.1 Å². The zero-order valence-corrected chi connectivity index (χ0v) is 10.3. The van der Waals surface area contributed by atoms with Gasteiger partial charge < -0.3 is 15.2 Å². The van der Waals surface area contributed by atoms with Gasteiger partial charge in [-0.15, -0.1) is 0 Å². The van der Waals surface area contributed by atoms with Gasteiger partial charge in [0.2, 0.25) is 0 Å². The molecule has 1 saturated carbocycles. The van der Waals surface area contributed by atoms with Crippen LogP contribution in [0.3, 0.4) is 0 Å². The first-order valence-electron chi connectivity index (χ1n) is 6.23. The normalized spacial score (nSPS) is 29.2. The Hall–Kier alpha value is -0.900. The molecule has 1 aromatic carbocycles. The van der Waals surface area contributed by atoms with Crippen LogP contribution in [0.2, 0.25) is 0 Å². The van der Waals surface area contributed by atoms with Gasteiger partial charge in [-0.1, -0.05) is 30.3 Å². The van der Waals surface area contributed by atoms with Gasteiger partial charge >= 0.3 is 0 Å². The third-order valence-corrected chi connectivity index (χ3v) is 3.43. The molecule has 0 aliphatic heterocycles. The Morgan fingerprint density at radius 1 is 1.24 bits per heavy atom. The number of ether oxygens (including phenoxy) is 2. The average Bonchev–Trinajstić information content (AvgIpc) is 2.39. The molecule has 2 N–H and O–H groups in total. The number of hydrogen-bond donors (Lipinski definition) is 1. The number of hydrogen-bond acceptors (Lipinski definition) is 3. The van der Waals surface area contributed by atoms with Gasteiger partial charge in [-0.05, 0) is 18.4 Å². The van der Waals surface area contributed by atoms with Crippen molar-refractivity contribution in [2.24, 2.45) is 5.73 Å². The van der Waals surface area contributed by atoms with Crippen molar-refractivity contribution in [3.8, 4) is 0 Å². The number of rotatable bonds is 4. The summed E-state index contributed by atoms with van der Waals surface area (Å²) >= 11 is 0. The van der Waals surface area contributed by atoms with E-state index in [1.165, 1.54) is 5.56 Å². The molecule has 2 rings (SSSR count). The van der Waals surface area contributed by atoms with Crippen molar-refractivity contribution in [1.82, 2.24) is 0 Å². The first-order valence-corrected chi connectivity index (χ1v) is 6.23. The number of benzene rings is 1. The van der Waals surface area contributed by atoms with E-state index < -0.39 is 0 Å². The summed E-state index contributed by atoms with van der Waals surface area (Å²) in [5, 5.41) is 0. The summed E-state index contributed by atoms with van der Waals surface area (Å²) in [5.41, 5.74) is 7.20. The van der Waals surface area contributed by atoms with Crippen LogP contribution < -0.4 is 5.73 Å². The minimum absolute atomic E-state index is 0.143. The molecule has 1 fully saturated rings. The molecule has 0 aromatic heterocycles. The summed E-state index contributed by atoms with van der Waals surface area (Å²) in [6, 6.07) is 10.4. The van der Waals surface area contributed by atoms with Gasteiger partial charge in [-0.3, -0.25) is 0 Å². The molecule has 0 bridgehead atoms. The molecular weight excluding hydrogens is 214 g/mol. The van der Waals surface area contributed by atoms with E-state index in [0.717, 1.165) is 19.3 Å². The summed E-state index contributed by atoms with van der Waals surface area (Å²) in [5.74, 6) is 0. The lowest BCUT2D eigenvalue weighted by Gasteiger charge is -2.33. The number of methoxy groups -OCH3 is 1. The molecule has 0 amide bonds. The van der Waals surface area contributed by atoms with Crippen LogP contribution in [0.5, 0.6) is 0 Å². The van der Waals surface area contributed by atoms with E-state index >= 15 is 0 Å². The second kappa shape index (κ2) is 6.15. The van der Waals surface area contributed by atoms with Crippen molar-refractivity contribution < 1.29 is 9.47 Å². The monoisotopic (exact) mass is 235 g/mol. The van der Waals surface area contributed by atoms with Crippen molar-refractivity contribution in [3.63, 3.8) is 0 Å². The maximum Gasteiger partial charge on any atom is 0.0746 e. The molecular formula is C14H21NO2. The fourth-order valence-corrected chi connectivity index (χ4v) is 2.33. The van der Waals surface area contributed by atoms with Crippen molar-refractivity contribution in [3.05, 3.63) is 35.9 Å². The maximum absolute atomic E-state index is 5.98. The first kappa shape index (κ1) is 12.6. The highest BCUT2D eigenvalue weighted by Gasteiger charge is 2.28. The predicted octanol–water partition coefficient (Wildman–Crippen LogP) is 2.10. The minimum Gasteiger partial charge on any atom is -0.380 e. The molecule has 0 heterocycles. The van der Waals surface area contributed by atoms with E-state index in [9.17, 15) is 0 Å². The lowest BCUT2D eigenvalue weighted by atomic mass is 9.91. The zero-order chi connectivity index (χ0) is 12.1. The highest BCUT2D eigenvalue weighted by Crippen LogP contribution is 2.23. The lowest BCUT2D eigenvalue weighted by molar-refractivity contribution is -0.0442. The molecule has 0 unspecified atom stereocenters. The summed E-state index contributed by atoms with van der Waals surface area (Å²) in [7, 11) is 1.73. The van der Waals surface area contributed by atoms with Gasteiger partial charge in [0.25, 0.3) is 0 Å². The van der Waals surface area contributed by atoms with E-state index in [0.29, 0.717) is 6.61 Å². The van der Waals surface area contributed by atoms with Crippen LogP contribution in [0.1, 0.15) is 24.8 Å². The van der Waals surface area contributed by atoms with Gasteiger partial charge in [0, 0.05) is 19.6 Å². The molecule has 1 aromatic rings. The van der Waals surface area contributed by atoms with Crippen LogP contribution in [-0.2, 0) is 16.1 Å². The molecule has 0 spiro atoms. The van der Waals surface area contributed by atoms with Crippen LogP contribution in [0.25, 0.3) is 0 Å². The molecule has 94 valence electrons. The van der Waals surface area contributed by atoms with Crippen LogP contribution in [0.4, 0.5) is 0 Å². The maximum atomic E-state index is 5.98. The highest BCUT2D eigenvalue weighted by atomic mass is 16.5. The van der Waals surface area contributed by atoms with Crippen molar-refractivity contribution in [1.29, 1.82) is 0 Å². The van der Waals surface area contributed by atoms with E-state index in [4.69, 9.17) is 15.2 Å². The van der Waals surface area contributed by atoms with Crippen molar-refractivity contribution >= 4 is 0 Å². The second-order valence-electron chi connectivity index (χ2n) is 4.67. The fourth-order valence-electron chi connectivity index (χ4n) is 2.33. The smallest absolute Gasteiger partial charge is 0.0746 e. The Bertz CT molecular complexity index is 328. The molecule has 1 aliphatic carbocycles. The summed E-state index contributed by atoms with van der Waals surface area (Å²) in [6.07, 6.45) is 3.35. The molecule has 3 heteroatoms. The topological polar surface area (TPSA) is 44.5 Å². The van der Waals surface area contributed by atoms with E-state index in [1.807, 2.05) is 18.2 Å². The SMILES string of the molecule is CO[C@@H]1C[C@H](OCc2ccccc2)CC[C@H]1N. The van der Waals surface area contributed by atoms with Crippen LogP contribution >= 0.6 is 0 Å². The quantitative estimate of drug-likeness (QED) is 0.869. The summed E-state index contributed by atoms with van der Waals surface area (Å²) in [4.78, 5) is 0. The summed E-state index contributed by atoms with van der Waals surface area (Å²) < 4.78 is 11.3. The Morgan fingerprint density at radius 2 is 2.00 bits per heavy atom. The van der Waals surface area contributed by atoms with Gasteiger partial charge in [0.05, 0.1) is 18.8 Å². The second-order valence-corrected chi connectivity index (χ2v) is 4.67. The Balaban J connectivity index is 1.80. The van der Waals surface area contributed by atoms with Gasteiger partial charge in [0.15, 0.2) is 0 Å². The lowest BCUT2D eigenvalue weighted by Crippen LogP contribution is -2.43. The largest absolute Gasteiger partial charge is 0.380 e. The standard InChI is InChI=1S/C14H21NO2/c1-16-14-9-12(7-8-13(14)15)17-10-11-5-3-2-4-6-11/h2-6,12-14H,7-10,15H2,1H3/t12-,13-,14-/m1/s1. The first-order chi connectivity index (χ1) is 8.29. The third-order valence-electron chi connectivity index (χ3n) is 3.43. The van der Waals surface area contributed by atoms with E-state index in [1.54, 1.807) is 7.11 Å². The van der Waals surface area contributed by atoms with Gasteiger partial charge in [-0.25, -0.2) is 0 Å². The molecule has 0 radical (unpaired) electrons. The van der Waals surface area contributed by atoms with Gasteiger partial charge in [-0.2, -0.15) is 0 Å².